The molecule has 1 aliphatic rings. The summed E-state index contributed by atoms with van der Waals surface area (Å²) >= 11 is 0. The van der Waals surface area contributed by atoms with Crippen LogP contribution in [0.5, 0.6) is 11.5 Å². The van der Waals surface area contributed by atoms with Crippen molar-refractivity contribution < 1.29 is 38.2 Å². The highest BCUT2D eigenvalue weighted by atomic mass is 35.5. The minimum Gasteiger partial charge on any atom is -0.440 e. The molecule has 2 atom stereocenters. The van der Waals surface area contributed by atoms with Gasteiger partial charge in [-0.25, -0.2) is 9.69 Å². The number of carbonyl (C=O) groups excluding carboxylic acids is 5. The predicted octanol–water partition coefficient (Wildman–Crippen LogP) is 1.26. The van der Waals surface area contributed by atoms with E-state index in [4.69, 9.17) is 19.9 Å². The van der Waals surface area contributed by atoms with Gasteiger partial charge in [0.25, 0.3) is 0 Å². The molecule has 1 heterocycles. The molecule has 2 amide bonds. The summed E-state index contributed by atoms with van der Waals surface area (Å²) in [5.74, 6) is -2.81. The summed E-state index contributed by atoms with van der Waals surface area (Å²) in [4.78, 5) is 59.6. The highest BCUT2D eigenvalue weighted by Gasteiger charge is 2.38. The molecule has 0 aromatic heterocycles. The highest BCUT2D eigenvalue weighted by molar-refractivity contribution is 6.02. The van der Waals surface area contributed by atoms with Gasteiger partial charge in [-0.05, 0) is 31.5 Å². The molecule has 0 spiro atoms. The Labute approximate surface area is 185 Å². The SMILES string of the molecule is CC(=O)Oc1ccc(C[C@](C)(N)C(=O)OC(C)N2C(=O)CCC2=O)cc1OC(C)=O.Cl. The van der Waals surface area contributed by atoms with E-state index in [9.17, 15) is 24.0 Å². The second-order valence-corrected chi connectivity index (χ2v) is 7.22. The Morgan fingerprint density at radius 2 is 1.58 bits per heavy atom. The lowest BCUT2D eigenvalue weighted by molar-refractivity contribution is -0.169. The lowest BCUT2D eigenvalue weighted by Gasteiger charge is -2.28. The molecule has 10 nitrogen and oxygen atoms in total. The summed E-state index contributed by atoms with van der Waals surface area (Å²) in [6.45, 7) is 5.25. The number of hydrogen-bond acceptors (Lipinski definition) is 9. The van der Waals surface area contributed by atoms with Crippen LogP contribution in [-0.2, 0) is 35.1 Å². The number of likely N-dealkylation sites (tertiary alicyclic amines) is 1. The summed E-state index contributed by atoms with van der Waals surface area (Å²) in [5.41, 5.74) is 5.11. The Hall–Kier alpha value is -2.98. The third kappa shape index (κ3) is 6.76. The lowest BCUT2D eigenvalue weighted by atomic mass is 9.94. The monoisotopic (exact) mass is 456 g/mol. The van der Waals surface area contributed by atoms with E-state index in [-0.39, 0.29) is 43.2 Å². The molecule has 2 N–H and O–H groups in total. The number of benzene rings is 1. The van der Waals surface area contributed by atoms with E-state index in [1.54, 1.807) is 6.07 Å². The fourth-order valence-electron chi connectivity index (χ4n) is 2.97. The minimum absolute atomic E-state index is 0. The van der Waals surface area contributed by atoms with Crippen molar-refractivity contribution >= 4 is 42.1 Å². The molecule has 31 heavy (non-hydrogen) atoms. The van der Waals surface area contributed by atoms with E-state index >= 15 is 0 Å². The number of imide groups is 1. The van der Waals surface area contributed by atoms with Crippen molar-refractivity contribution in [1.29, 1.82) is 0 Å². The number of hydrogen-bond donors (Lipinski definition) is 1. The Bertz CT molecular complexity index is 883. The van der Waals surface area contributed by atoms with Crippen LogP contribution in [0.3, 0.4) is 0 Å². The molecule has 1 aromatic rings. The first-order valence-corrected chi connectivity index (χ1v) is 9.25. The quantitative estimate of drug-likeness (QED) is 0.364. The van der Waals surface area contributed by atoms with E-state index in [1.807, 2.05) is 0 Å². The average molecular weight is 457 g/mol. The number of ether oxygens (including phenoxy) is 3. The van der Waals surface area contributed by atoms with Crippen LogP contribution in [0.1, 0.15) is 46.1 Å². The zero-order valence-electron chi connectivity index (χ0n) is 17.6. The van der Waals surface area contributed by atoms with Crippen molar-refractivity contribution in [1.82, 2.24) is 4.90 Å². The van der Waals surface area contributed by atoms with Crippen molar-refractivity contribution in [3.63, 3.8) is 0 Å². The van der Waals surface area contributed by atoms with Crippen LogP contribution < -0.4 is 15.2 Å². The second kappa shape index (κ2) is 10.4. The zero-order valence-corrected chi connectivity index (χ0v) is 18.4. The van der Waals surface area contributed by atoms with Gasteiger partial charge in [0.05, 0.1) is 0 Å². The van der Waals surface area contributed by atoms with Crippen LogP contribution in [-0.4, -0.2) is 46.4 Å². The van der Waals surface area contributed by atoms with Crippen molar-refractivity contribution in [2.75, 3.05) is 0 Å². The first kappa shape index (κ1) is 26.1. The number of halogens is 1. The number of carbonyl (C=O) groups is 5. The number of rotatable bonds is 7. The topological polar surface area (TPSA) is 142 Å². The van der Waals surface area contributed by atoms with Crippen LogP contribution >= 0.6 is 12.4 Å². The van der Waals surface area contributed by atoms with E-state index < -0.39 is 41.5 Å². The smallest absolute Gasteiger partial charge is 0.328 e. The highest BCUT2D eigenvalue weighted by Crippen LogP contribution is 2.30. The third-order valence-corrected chi connectivity index (χ3v) is 4.28. The molecule has 0 aliphatic carbocycles. The molecule has 0 saturated carbocycles. The van der Waals surface area contributed by atoms with E-state index in [1.165, 1.54) is 39.8 Å². The first-order chi connectivity index (χ1) is 13.9. The van der Waals surface area contributed by atoms with E-state index in [0.717, 1.165) is 4.90 Å². The number of nitrogens with zero attached hydrogens (tertiary/aromatic N) is 1. The van der Waals surface area contributed by atoms with Gasteiger partial charge in [-0.1, -0.05) is 6.07 Å². The Morgan fingerprint density at radius 1 is 1.06 bits per heavy atom. The Morgan fingerprint density at radius 3 is 2.10 bits per heavy atom. The third-order valence-electron chi connectivity index (χ3n) is 4.28. The van der Waals surface area contributed by atoms with Crippen molar-refractivity contribution in [2.45, 2.75) is 58.7 Å². The van der Waals surface area contributed by atoms with Gasteiger partial charge < -0.3 is 19.9 Å². The number of esters is 3. The Kier molecular flexibility index (Phi) is 8.71. The molecule has 1 unspecified atom stereocenters. The van der Waals surface area contributed by atoms with Gasteiger partial charge in [0.1, 0.15) is 5.54 Å². The molecule has 1 fully saturated rings. The summed E-state index contributed by atoms with van der Waals surface area (Å²) in [7, 11) is 0. The predicted molar refractivity (Wildman–Crippen MR) is 109 cm³/mol. The number of nitrogens with two attached hydrogens (primary N) is 1. The van der Waals surface area contributed by atoms with Gasteiger partial charge in [0.2, 0.25) is 11.8 Å². The summed E-state index contributed by atoms with van der Waals surface area (Å²) in [6, 6.07) is 4.40. The molecule has 0 bridgehead atoms. The standard InChI is InChI=1S/C20H24N2O8.ClH/c1-11(22-17(25)7-8-18(22)26)28-19(27)20(4,21)10-14-5-6-15(29-12(2)23)16(9-14)30-13(3)24;/h5-6,9,11H,7-8,10,21H2,1-4H3;1H/t11?,20-;/m0./s1. The lowest BCUT2D eigenvalue weighted by Crippen LogP contribution is -2.51. The maximum Gasteiger partial charge on any atom is 0.328 e. The first-order valence-electron chi connectivity index (χ1n) is 9.25. The summed E-state index contributed by atoms with van der Waals surface area (Å²) in [6.07, 6.45) is -0.942. The van der Waals surface area contributed by atoms with Gasteiger partial charge in [-0.2, -0.15) is 0 Å². The van der Waals surface area contributed by atoms with Gasteiger partial charge in [-0.3, -0.25) is 19.2 Å². The molecule has 11 heteroatoms. The van der Waals surface area contributed by atoms with Gasteiger partial charge in [0, 0.05) is 33.1 Å². The van der Waals surface area contributed by atoms with E-state index in [2.05, 4.69) is 0 Å². The van der Waals surface area contributed by atoms with Crippen LogP contribution in [0.2, 0.25) is 0 Å². The van der Waals surface area contributed by atoms with Gasteiger partial charge >= 0.3 is 17.9 Å². The number of amides is 2. The maximum atomic E-state index is 12.6. The fourth-order valence-corrected chi connectivity index (χ4v) is 2.97. The second-order valence-electron chi connectivity index (χ2n) is 7.22. The average Bonchev–Trinajstić information content (AvgIpc) is 2.94. The van der Waals surface area contributed by atoms with Gasteiger partial charge in [0.15, 0.2) is 17.7 Å². The summed E-state index contributed by atoms with van der Waals surface area (Å²) < 4.78 is 15.3. The molecular weight excluding hydrogens is 432 g/mol. The van der Waals surface area contributed by atoms with Crippen molar-refractivity contribution in [3.05, 3.63) is 23.8 Å². The normalized spacial score (nSPS) is 16.1. The summed E-state index contributed by atoms with van der Waals surface area (Å²) in [5, 5.41) is 0. The molecule has 1 saturated heterocycles. The molecule has 1 aromatic carbocycles. The van der Waals surface area contributed by atoms with E-state index in [0.29, 0.717) is 5.56 Å². The van der Waals surface area contributed by atoms with Gasteiger partial charge in [-0.15, -0.1) is 12.4 Å². The van der Waals surface area contributed by atoms with Crippen LogP contribution in [0, 0.1) is 0 Å². The largest absolute Gasteiger partial charge is 0.440 e. The Balaban J connectivity index is 0.00000480. The molecule has 170 valence electrons. The van der Waals surface area contributed by atoms with Crippen LogP contribution in [0.4, 0.5) is 0 Å². The zero-order chi connectivity index (χ0) is 22.6. The minimum atomic E-state index is -1.52. The maximum absolute atomic E-state index is 12.6. The molecule has 1 aliphatic heterocycles. The van der Waals surface area contributed by atoms with Crippen LogP contribution in [0.15, 0.2) is 18.2 Å². The fraction of sp³-hybridized carbons (Fsp3) is 0.450. The molecule has 0 radical (unpaired) electrons. The van der Waals surface area contributed by atoms with Crippen LogP contribution in [0.25, 0.3) is 0 Å². The molecular formula is C20H25ClN2O8. The molecule has 2 rings (SSSR count). The van der Waals surface area contributed by atoms with Crippen molar-refractivity contribution in [3.8, 4) is 11.5 Å². The van der Waals surface area contributed by atoms with Crippen molar-refractivity contribution in [2.24, 2.45) is 5.73 Å².